The number of hydrogen-bond acceptors (Lipinski definition) is 4. The minimum Gasteiger partial charge on any atom is -0.358 e. The van der Waals surface area contributed by atoms with Crippen LogP contribution in [0.4, 0.5) is 5.82 Å². The van der Waals surface area contributed by atoms with Gasteiger partial charge in [-0.3, -0.25) is 0 Å². The summed E-state index contributed by atoms with van der Waals surface area (Å²) in [6.07, 6.45) is 2.54. The van der Waals surface area contributed by atoms with E-state index in [1.54, 1.807) is 0 Å². The lowest BCUT2D eigenvalue weighted by atomic mass is 9.92. The topological polar surface area (TPSA) is 41.0 Å². The predicted octanol–water partition coefficient (Wildman–Crippen LogP) is 2.21. The molecule has 1 aromatic rings. The third kappa shape index (κ3) is 3.90. The van der Waals surface area contributed by atoms with E-state index in [0.29, 0.717) is 0 Å². The molecule has 1 saturated heterocycles. The first-order valence-corrected chi connectivity index (χ1v) is 7.23. The van der Waals surface area contributed by atoms with Crippen LogP contribution in [0.3, 0.4) is 0 Å². The SMILES string of the molecule is CN(CCC1CCNC1)c1ccc(C(C)(C)C)nn1. The van der Waals surface area contributed by atoms with Crippen molar-refractivity contribution >= 4 is 5.82 Å². The van der Waals surface area contributed by atoms with Crippen LogP contribution >= 0.6 is 0 Å². The molecular weight excluding hydrogens is 236 g/mol. The van der Waals surface area contributed by atoms with Crippen molar-refractivity contribution in [2.75, 3.05) is 31.6 Å². The molecular formula is C15H26N4. The van der Waals surface area contributed by atoms with Gasteiger partial charge in [0.05, 0.1) is 5.69 Å². The van der Waals surface area contributed by atoms with Crippen LogP contribution in [0.1, 0.15) is 39.3 Å². The Morgan fingerprint density at radius 3 is 2.63 bits per heavy atom. The highest BCUT2D eigenvalue weighted by Crippen LogP contribution is 2.21. The van der Waals surface area contributed by atoms with E-state index < -0.39 is 0 Å². The average molecular weight is 262 g/mol. The van der Waals surface area contributed by atoms with Gasteiger partial charge in [0.25, 0.3) is 0 Å². The first-order chi connectivity index (χ1) is 8.97. The van der Waals surface area contributed by atoms with Gasteiger partial charge in [0.15, 0.2) is 5.82 Å². The van der Waals surface area contributed by atoms with Crippen molar-refractivity contribution in [2.45, 2.75) is 39.0 Å². The number of rotatable bonds is 4. The number of anilines is 1. The van der Waals surface area contributed by atoms with Gasteiger partial charge in [-0.2, -0.15) is 5.10 Å². The second kappa shape index (κ2) is 5.87. The smallest absolute Gasteiger partial charge is 0.150 e. The molecule has 1 N–H and O–H groups in total. The monoisotopic (exact) mass is 262 g/mol. The van der Waals surface area contributed by atoms with Crippen molar-refractivity contribution in [2.24, 2.45) is 5.92 Å². The van der Waals surface area contributed by atoms with Crippen LogP contribution < -0.4 is 10.2 Å². The highest BCUT2D eigenvalue weighted by atomic mass is 15.2. The Balaban J connectivity index is 1.89. The van der Waals surface area contributed by atoms with Gasteiger partial charge in [-0.05, 0) is 44.0 Å². The molecule has 1 aromatic heterocycles. The maximum atomic E-state index is 4.35. The van der Waals surface area contributed by atoms with E-state index in [4.69, 9.17) is 0 Å². The van der Waals surface area contributed by atoms with E-state index >= 15 is 0 Å². The van der Waals surface area contributed by atoms with Crippen molar-refractivity contribution < 1.29 is 0 Å². The number of aromatic nitrogens is 2. The second-order valence-electron chi connectivity index (χ2n) is 6.60. The number of nitrogens with zero attached hydrogens (tertiary/aromatic N) is 3. The highest BCUT2D eigenvalue weighted by molar-refractivity contribution is 5.36. The lowest BCUT2D eigenvalue weighted by Crippen LogP contribution is -2.24. The minimum atomic E-state index is 0.0691. The Kier molecular flexibility index (Phi) is 4.40. The molecule has 106 valence electrons. The summed E-state index contributed by atoms with van der Waals surface area (Å²) in [5, 5.41) is 12.1. The summed E-state index contributed by atoms with van der Waals surface area (Å²) in [5.41, 5.74) is 1.12. The van der Waals surface area contributed by atoms with Gasteiger partial charge < -0.3 is 10.2 Å². The van der Waals surface area contributed by atoms with E-state index in [2.05, 4.69) is 60.4 Å². The molecule has 0 radical (unpaired) electrons. The molecule has 4 heteroatoms. The van der Waals surface area contributed by atoms with Crippen LogP contribution in [0.5, 0.6) is 0 Å². The molecule has 4 nitrogen and oxygen atoms in total. The predicted molar refractivity (Wildman–Crippen MR) is 79.6 cm³/mol. The third-order valence-corrected chi connectivity index (χ3v) is 3.85. The molecule has 1 aliphatic rings. The zero-order chi connectivity index (χ0) is 13.9. The largest absolute Gasteiger partial charge is 0.358 e. The summed E-state index contributed by atoms with van der Waals surface area (Å²) in [6, 6.07) is 4.18. The third-order valence-electron chi connectivity index (χ3n) is 3.85. The molecule has 0 saturated carbocycles. The Morgan fingerprint density at radius 2 is 2.11 bits per heavy atom. The van der Waals surface area contributed by atoms with E-state index in [9.17, 15) is 0 Å². The fourth-order valence-corrected chi connectivity index (χ4v) is 2.38. The van der Waals surface area contributed by atoms with Crippen molar-refractivity contribution in [3.8, 4) is 0 Å². The summed E-state index contributed by atoms with van der Waals surface area (Å²) in [6.45, 7) is 9.88. The van der Waals surface area contributed by atoms with Crippen LogP contribution in [0.15, 0.2) is 12.1 Å². The van der Waals surface area contributed by atoms with Crippen LogP contribution in [-0.2, 0) is 5.41 Å². The second-order valence-corrected chi connectivity index (χ2v) is 6.60. The van der Waals surface area contributed by atoms with Crippen LogP contribution in [0, 0.1) is 5.92 Å². The lowest BCUT2D eigenvalue weighted by molar-refractivity contribution is 0.530. The van der Waals surface area contributed by atoms with Crippen molar-refractivity contribution in [3.05, 3.63) is 17.8 Å². The first kappa shape index (κ1) is 14.3. The molecule has 2 rings (SSSR count). The van der Waals surface area contributed by atoms with Crippen LogP contribution in [0.2, 0.25) is 0 Å². The van der Waals surface area contributed by atoms with E-state index in [-0.39, 0.29) is 5.41 Å². The molecule has 1 unspecified atom stereocenters. The van der Waals surface area contributed by atoms with Crippen molar-refractivity contribution in [1.82, 2.24) is 15.5 Å². The molecule has 1 atom stereocenters. The molecule has 19 heavy (non-hydrogen) atoms. The molecule has 1 aliphatic heterocycles. The summed E-state index contributed by atoms with van der Waals surface area (Å²) >= 11 is 0. The highest BCUT2D eigenvalue weighted by Gasteiger charge is 2.17. The van der Waals surface area contributed by atoms with Gasteiger partial charge in [0.1, 0.15) is 0 Å². The molecule has 0 amide bonds. The van der Waals surface area contributed by atoms with Gasteiger partial charge >= 0.3 is 0 Å². The fourth-order valence-electron chi connectivity index (χ4n) is 2.38. The van der Waals surface area contributed by atoms with Crippen LogP contribution in [-0.4, -0.2) is 36.9 Å². The van der Waals surface area contributed by atoms with Gasteiger partial charge in [-0.25, -0.2) is 0 Å². The minimum absolute atomic E-state index is 0.0691. The van der Waals surface area contributed by atoms with Gasteiger partial charge in [0, 0.05) is 19.0 Å². The van der Waals surface area contributed by atoms with Gasteiger partial charge in [-0.15, -0.1) is 5.10 Å². The van der Waals surface area contributed by atoms with Crippen molar-refractivity contribution in [1.29, 1.82) is 0 Å². The summed E-state index contributed by atoms with van der Waals surface area (Å²) < 4.78 is 0. The summed E-state index contributed by atoms with van der Waals surface area (Å²) in [4.78, 5) is 2.21. The Morgan fingerprint density at radius 1 is 1.32 bits per heavy atom. The maximum Gasteiger partial charge on any atom is 0.150 e. The molecule has 0 aliphatic carbocycles. The van der Waals surface area contributed by atoms with Gasteiger partial charge in [0.2, 0.25) is 0 Å². The molecule has 0 bridgehead atoms. The molecule has 0 aromatic carbocycles. The van der Waals surface area contributed by atoms with Crippen molar-refractivity contribution in [3.63, 3.8) is 0 Å². The quantitative estimate of drug-likeness (QED) is 0.903. The lowest BCUT2D eigenvalue weighted by Gasteiger charge is -2.21. The standard InChI is InChI=1S/C15H26N4/c1-15(2,3)13-5-6-14(18-17-13)19(4)10-8-12-7-9-16-11-12/h5-6,12,16H,7-11H2,1-4H3. The normalized spacial score (nSPS) is 19.7. The first-order valence-electron chi connectivity index (χ1n) is 7.23. The van der Waals surface area contributed by atoms with Crippen LogP contribution in [0.25, 0.3) is 0 Å². The Hall–Kier alpha value is -1.16. The number of hydrogen-bond donors (Lipinski definition) is 1. The molecule has 2 heterocycles. The zero-order valence-corrected chi connectivity index (χ0v) is 12.6. The van der Waals surface area contributed by atoms with E-state index in [1.807, 2.05) is 0 Å². The van der Waals surface area contributed by atoms with E-state index in [1.165, 1.54) is 25.9 Å². The van der Waals surface area contributed by atoms with Gasteiger partial charge in [-0.1, -0.05) is 20.8 Å². The Bertz CT molecular complexity index is 388. The molecule has 1 fully saturated rings. The Labute approximate surface area is 116 Å². The average Bonchev–Trinajstić information content (AvgIpc) is 2.88. The zero-order valence-electron chi connectivity index (χ0n) is 12.6. The maximum absolute atomic E-state index is 4.35. The van der Waals surface area contributed by atoms with E-state index in [0.717, 1.165) is 24.0 Å². The fraction of sp³-hybridized carbons (Fsp3) is 0.733. The summed E-state index contributed by atoms with van der Waals surface area (Å²) in [7, 11) is 2.10. The summed E-state index contributed by atoms with van der Waals surface area (Å²) in [5.74, 6) is 1.79. The number of nitrogens with one attached hydrogen (secondary N) is 1. The molecule has 0 spiro atoms.